The lowest BCUT2D eigenvalue weighted by Crippen LogP contribution is -2.16. The van der Waals surface area contributed by atoms with E-state index in [2.05, 4.69) is 13.8 Å². The number of carbonyl (C=O) groups excluding carboxylic acids is 2. The van der Waals surface area contributed by atoms with Crippen molar-refractivity contribution in [2.75, 3.05) is 26.4 Å². The van der Waals surface area contributed by atoms with E-state index in [9.17, 15) is 9.59 Å². The minimum absolute atomic E-state index is 0.187. The van der Waals surface area contributed by atoms with Gasteiger partial charge in [0.1, 0.15) is 11.5 Å². The highest BCUT2D eigenvalue weighted by molar-refractivity contribution is 6.11. The molecule has 0 saturated carbocycles. The van der Waals surface area contributed by atoms with Gasteiger partial charge in [0, 0.05) is 21.5 Å². The van der Waals surface area contributed by atoms with Crippen LogP contribution in [0, 0.1) is 0 Å². The van der Waals surface area contributed by atoms with Crippen LogP contribution in [0.4, 0.5) is 0 Å². The van der Waals surface area contributed by atoms with E-state index in [4.69, 9.17) is 18.9 Å². The summed E-state index contributed by atoms with van der Waals surface area (Å²) in [6, 6.07) is 12.1. The maximum Gasteiger partial charge on any atom is 0.344 e. The first-order valence-electron chi connectivity index (χ1n) is 11.1. The van der Waals surface area contributed by atoms with E-state index in [1.165, 1.54) is 0 Å². The molecule has 170 valence electrons. The minimum atomic E-state index is -0.424. The van der Waals surface area contributed by atoms with E-state index >= 15 is 0 Å². The fourth-order valence-corrected chi connectivity index (χ4v) is 3.66. The van der Waals surface area contributed by atoms with Crippen LogP contribution < -0.4 is 9.47 Å². The summed E-state index contributed by atoms with van der Waals surface area (Å²) in [6.45, 7) is 7.90. The maximum absolute atomic E-state index is 12.0. The van der Waals surface area contributed by atoms with Crippen LogP contribution in [0.3, 0.4) is 0 Å². The molecule has 0 N–H and O–H groups in total. The van der Waals surface area contributed by atoms with Crippen molar-refractivity contribution in [3.05, 3.63) is 47.5 Å². The Morgan fingerprint density at radius 1 is 0.625 bits per heavy atom. The number of aryl methyl sites for hydroxylation is 2. The number of hydrogen-bond donors (Lipinski definition) is 0. The molecule has 3 rings (SSSR count). The molecule has 0 bridgehead atoms. The molecular weight excluding hydrogens is 408 g/mol. The van der Waals surface area contributed by atoms with Crippen LogP contribution in [-0.2, 0) is 31.9 Å². The number of benzene rings is 3. The molecular formula is C26H30O6. The quantitative estimate of drug-likeness (QED) is 0.328. The van der Waals surface area contributed by atoms with Crippen molar-refractivity contribution in [3.63, 3.8) is 0 Å². The molecule has 32 heavy (non-hydrogen) atoms. The third-order valence-electron chi connectivity index (χ3n) is 5.24. The predicted octanol–water partition coefficient (Wildman–Crippen LogP) is 5.00. The fourth-order valence-electron chi connectivity index (χ4n) is 3.66. The van der Waals surface area contributed by atoms with Gasteiger partial charge in [-0.25, -0.2) is 9.59 Å². The standard InChI is InChI=1S/C26H30O6/c1-5-17-9-11-19-21(13-17)26(32-16-24(28)30-8-4)22-14-18(6-2)10-12-20(22)25(19)31-15-23(27)29-7-3/h9-14H,5-8,15-16H2,1-4H3. The largest absolute Gasteiger partial charge is 0.481 e. The monoisotopic (exact) mass is 438 g/mol. The molecule has 0 aliphatic heterocycles. The van der Waals surface area contributed by atoms with Crippen LogP contribution in [-0.4, -0.2) is 38.4 Å². The Bertz CT molecular complexity index is 1050. The van der Waals surface area contributed by atoms with E-state index < -0.39 is 11.9 Å². The van der Waals surface area contributed by atoms with Crippen LogP contribution in [0.25, 0.3) is 21.5 Å². The average molecular weight is 439 g/mol. The van der Waals surface area contributed by atoms with E-state index in [1.807, 2.05) is 36.4 Å². The molecule has 0 aromatic heterocycles. The second-order valence-corrected chi connectivity index (χ2v) is 7.31. The van der Waals surface area contributed by atoms with Crippen LogP contribution >= 0.6 is 0 Å². The minimum Gasteiger partial charge on any atom is -0.481 e. The molecule has 0 unspecified atom stereocenters. The molecule has 0 saturated heterocycles. The fraction of sp³-hybridized carbons (Fsp3) is 0.385. The Morgan fingerprint density at radius 3 is 1.41 bits per heavy atom. The van der Waals surface area contributed by atoms with Gasteiger partial charge < -0.3 is 18.9 Å². The van der Waals surface area contributed by atoms with Crippen molar-refractivity contribution in [2.45, 2.75) is 40.5 Å². The van der Waals surface area contributed by atoms with Gasteiger partial charge in [-0.05, 0) is 49.9 Å². The van der Waals surface area contributed by atoms with Crippen LogP contribution in [0.15, 0.2) is 36.4 Å². The van der Waals surface area contributed by atoms with E-state index in [1.54, 1.807) is 13.8 Å². The number of fused-ring (bicyclic) bond motifs is 2. The van der Waals surface area contributed by atoms with Gasteiger partial charge in [-0.1, -0.05) is 38.1 Å². The molecule has 0 spiro atoms. The molecule has 0 aliphatic rings. The Kier molecular flexibility index (Phi) is 7.92. The number of esters is 2. The first-order valence-corrected chi connectivity index (χ1v) is 11.1. The molecule has 0 atom stereocenters. The first kappa shape index (κ1) is 23.4. The summed E-state index contributed by atoms with van der Waals surface area (Å²) >= 11 is 0. The Labute approximate surface area is 188 Å². The Balaban J connectivity index is 2.22. The van der Waals surface area contributed by atoms with Crippen molar-refractivity contribution < 1.29 is 28.5 Å². The van der Waals surface area contributed by atoms with Gasteiger partial charge in [0.25, 0.3) is 0 Å². The zero-order valence-corrected chi connectivity index (χ0v) is 19.2. The molecule has 0 fully saturated rings. The topological polar surface area (TPSA) is 71.1 Å². The molecule has 0 radical (unpaired) electrons. The van der Waals surface area contributed by atoms with Crippen molar-refractivity contribution in [1.82, 2.24) is 0 Å². The maximum atomic E-state index is 12.0. The highest BCUT2D eigenvalue weighted by Gasteiger charge is 2.19. The number of carbonyl (C=O) groups is 2. The van der Waals surface area contributed by atoms with E-state index in [-0.39, 0.29) is 13.2 Å². The molecule has 3 aromatic carbocycles. The molecule has 0 heterocycles. The lowest BCUT2D eigenvalue weighted by molar-refractivity contribution is -0.146. The summed E-state index contributed by atoms with van der Waals surface area (Å²) in [5, 5.41) is 3.27. The lowest BCUT2D eigenvalue weighted by atomic mass is 9.96. The van der Waals surface area contributed by atoms with Crippen molar-refractivity contribution in [2.24, 2.45) is 0 Å². The van der Waals surface area contributed by atoms with Gasteiger partial charge in [0.15, 0.2) is 13.2 Å². The van der Waals surface area contributed by atoms with Crippen LogP contribution in [0.1, 0.15) is 38.8 Å². The second-order valence-electron chi connectivity index (χ2n) is 7.31. The smallest absolute Gasteiger partial charge is 0.344 e. The van der Waals surface area contributed by atoms with Gasteiger partial charge >= 0.3 is 11.9 Å². The third-order valence-corrected chi connectivity index (χ3v) is 5.24. The lowest BCUT2D eigenvalue weighted by Gasteiger charge is -2.18. The van der Waals surface area contributed by atoms with Gasteiger partial charge in [0.2, 0.25) is 0 Å². The SMILES string of the molecule is CCOC(=O)COc1c2ccc(CC)cc2c(OCC(=O)OCC)c2cc(CC)ccc12. The van der Waals surface area contributed by atoms with Crippen molar-refractivity contribution in [3.8, 4) is 11.5 Å². The zero-order chi connectivity index (χ0) is 23.1. The number of hydrogen-bond acceptors (Lipinski definition) is 6. The average Bonchev–Trinajstić information content (AvgIpc) is 2.80. The third kappa shape index (κ3) is 5.13. The number of ether oxygens (including phenoxy) is 4. The summed E-state index contributed by atoms with van der Waals surface area (Å²) in [4.78, 5) is 24.0. The Hall–Kier alpha value is -3.28. The molecule has 6 heteroatoms. The normalized spacial score (nSPS) is 10.9. The Morgan fingerprint density at radius 2 is 1.03 bits per heavy atom. The molecule has 3 aromatic rings. The molecule has 0 amide bonds. The van der Waals surface area contributed by atoms with Crippen molar-refractivity contribution in [1.29, 1.82) is 0 Å². The van der Waals surface area contributed by atoms with Crippen LogP contribution in [0.5, 0.6) is 11.5 Å². The van der Waals surface area contributed by atoms with Crippen LogP contribution in [0.2, 0.25) is 0 Å². The summed E-state index contributed by atoms with van der Waals surface area (Å²) in [6.07, 6.45) is 1.69. The zero-order valence-electron chi connectivity index (χ0n) is 19.2. The van der Waals surface area contributed by atoms with E-state index in [0.29, 0.717) is 24.7 Å². The number of rotatable bonds is 10. The molecule has 6 nitrogen and oxygen atoms in total. The predicted molar refractivity (Wildman–Crippen MR) is 124 cm³/mol. The summed E-state index contributed by atoms with van der Waals surface area (Å²) in [5.41, 5.74) is 2.25. The second kappa shape index (κ2) is 10.8. The van der Waals surface area contributed by atoms with E-state index in [0.717, 1.165) is 45.5 Å². The van der Waals surface area contributed by atoms with Gasteiger partial charge in [-0.15, -0.1) is 0 Å². The highest BCUT2D eigenvalue weighted by Crippen LogP contribution is 2.43. The van der Waals surface area contributed by atoms with Gasteiger partial charge in [-0.2, -0.15) is 0 Å². The molecule has 0 aliphatic carbocycles. The summed E-state index contributed by atoms with van der Waals surface area (Å²) < 4.78 is 22.1. The van der Waals surface area contributed by atoms with Gasteiger partial charge in [-0.3, -0.25) is 0 Å². The van der Waals surface area contributed by atoms with Gasteiger partial charge in [0.05, 0.1) is 13.2 Å². The summed E-state index contributed by atoms with van der Waals surface area (Å²) in [7, 11) is 0. The van der Waals surface area contributed by atoms with Crippen molar-refractivity contribution >= 4 is 33.5 Å². The highest BCUT2D eigenvalue weighted by atomic mass is 16.6. The first-order chi connectivity index (χ1) is 15.5. The summed E-state index contributed by atoms with van der Waals surface area (Å²) in [5.74, 6) is 0.357.